The van der Waals surface area contributed by atoms with Gasteiger partial charge in [0.05, 0.1) is 16.7 Å². The van der Waals surface area contributed by atoms with Crippen LogP contribution in [0.15, 0.2) is 22.7 Å². The molecule has 0 bridgehead atoms. The van der Waals surface area contributed by atoms with Crippen LogP contribution in [0.4, 0.5) is 0 Å². The molecule has 0 aliphatic carbocycles. The van der Waals surface area contributed by atoms with Crippen molar-refractivity contribution in [3.05, 3.63) is 17.5 Å². The molecule has 2 rings (SSSR count). The highest BCUT2D eigenvalue weighted by atomic mass is 32.2. The molecule has 0 aliphatic heterocycles. The van der Waals surface area contributed by atoms with Gasteiger partial charge in [0, 0.05) is 6.54 Å². The van der Waals surface area contributed by atoms with E-state index in [9.17, 15) is 0 Å². The molecule has 6 heteroatoms. The van der Waals surface area contributed by atoms with E-state index in [0.29, 0.717) is 5.75 Å². The lowest BCUT2D eigenvalue weighted by molar-refractivity contribution is 0.688. The Kier molecular flexibility index (Phi) is 3.59. The Balaban J connectivity index is 2.34. The van der Waals surface area contributed by atoms with Crippen molar-refractivity contribution >= 4 is 23.1 Å². The molecule has 2 heterocycles. The first-order valence-electron chi connectivity index (χ1n) is 4.83. The van der Waals surface area contributed by atoms with Crippen LogP contribution >= 0.6 is 23.1 Å². The average Bonchev–Trinajstić information content (AvgIpc) is 2.94. The maximum atomic E-state index is 8.56. The molecule has 4 nitrogen and oxygen atoms in total. The fraction of sp³-hybridized carbons (Fsp3) is 0.300. The van der Waals surface area contributed by atoms with Crippen molar-refractivity contribution in [2.24, 2.45) is 0 Å². The molecule has 0 unspecified atom stereocenters. The van der Waals surface area contributed by atoms with Crippen LogP contribution in [0.5, 0.6) is 0 Å². The SMILES string of the molecule is CCn1c(SCC#N)nnc1-c1cccs1. The summed E-state index contributed by atoms with van der Waals surface area (Å²) in [6, 6.07) is 6.12. The summed E-state index contributed by atoms with van der Waals surface area (Å²) in [6.07, 6.45) is 0. The molecular formula is C10H10N4S2. The van der Waals surface area contributed by atoms with Gasteiger partial charge in [0.15, 0.2) is 11.0 Å². The van der Waals surface area contributed by atoms with Crippen molar-refractivity contribution < 1.29 is 0 Å². The monoisotopic (exact) mass is 250 g/mol. The number of hydrogen-bond acceptors (Lipinski definition) is 5. The molecule has 0 N–H and O–H groups in total. The Morgan fingerprint density at radius 2 is 2.44 bits per heavy atom. The first-order chi connectivity index (χ1) is 7.86. The minimum Gasteiger partial charge on any atom is -0.302 e. The van der Waals surface area contributed by atoms with Gasteiger partial charge in [-0.05, 0) is 18.4 Å². The zero-order valence-corrected chi connectivity index (χ0v) is 10.4. The van der Waals surface area contributed by atoms with Crippen LogP contribution < -0.4 is 0 Å². The van der Waals surface area contributed by atoms with E-state index in [-0.39, 0.29) is 0 Å². The summed E-state index contributed by atoms with van der Waals surface area (Å²) in [5, 5.41) is 19.7. The summed E-state index contributed by atoms with van der Waals surface area (Å²) < 4.78 is 2.04. The van der Waals surface area contributed by atoms with Crippen molar-refractivity contribution in [2.45, 2.75) is 18.6 Å². The fourth-order valence-electron chi connectivity index (χ4n) is 1.37. The summed E-state index contributed by atoms with van der Waals surface area (Å²) in [4.78, 5) is 1.11. The van der Waals surface area contributed by atoms with Crippen LogP contribution in [0.1, 0.15) is 6.92 Å². The van der Waals surface area contributed by atoms with E-state index in [1.807, 2.05) is 22.1 Å². The predicted molar refractivity (Wildman–Crippen MR) is 65.3 cm³/mol. The number of rotatable bonds is 4. The van der Waals surface area contributed by atoms with Gasteiger partial charge in [0.2, 0.25) is 0 Å². The molecule has 0 radical (unpaired) electrons. The van der Waals surface area contributed by atoms with Crippen LogP contribution in [-0.2, 0) is 6.54 Å². The Hall–Kier alpha value is -1.32. The predicted octanol–water partition coefficient (Wildman–Crippen LogP) is 2.64. The number of nitrogens with zero attached hydrogens (tertiary/aromatic N) is 4. The summed E-state index contributed by atoms with van der Waals surface area (Å²) in [6.45, 7) is 2.87. The topological polar surface area (TPSA) is 54.5 Å². The average molecular weight is 250 g/mol. The molecule has 0 aromatic carbocycles. The van der Waals surface area contributed by atoms with E-state index in [4.69, 9.17) is 5.26 Å². The van der Waals surface area contributed by atoms with Gasteiger partial charge in [-0.1, -0.05) is 17.8 Å². The van der Waals surface area contributed by atoms with Gasteiger partial charge in [-0.15, -0.1) is 21.5 Å². The number of aromatic nitrogens is 3. The smallest absolute Gasteiger partial charge is 0.192 e. The number of thioether (sulfide) groups is 1. The largest absolute Gasteiger partial charge is 0.302 e. The van der Waals surface area contributed by atoms with E-state index < -0.39 is 0 Å². The lowest BCUT2D eigenvalue weighted by atomic mass is 10.4. The van der Waals surface area contributed by atoms with Gasteiger partial charge in [-0.2, -0.15) is 5.26 Å². The summed E-state index contributed by atoms with van der Waals surface area (Å²) in [5.74, 6) is 1.29. The molecule has 0 saturated heterocycles. The lowest BCUT2D eigenvalue weighted by Crippen LogP contribution is -1.98. The molecule has 0 fully saturated rings. The van der Waals surface area contributed by atoms with Crippen LogP contribution in [0, 0.1) is 11.3 Å². The van der Waals surface area contributed by atoms with Crippen molar-refractivity contribution in [3.63, 3.8) is 0 Å². The molecule has 16 heavy (non-hydrogen) atoms. The molecule has 0 saturated carbocycles. The molecule has 82 valence electrons. The van der Waals surface area contributed by atoms with E-state index in [0.717, 1.165) is 22.4 Å². The molecule has 2 aromatic heterocycles. The van der Waals surface area contributed by atoms with Crippen LogP contribution in [0.3, 0.4) is 0 Å². The molecule has 0 spiro atoms. The van der Waals surface area contributed by atoms with Crippen LogP contribution in [0.2, 0.25) is 0 Å². The van der Waals surface area contributed by atoms with E-state index in [1.165, 1.54) is 11.8 Å². The molecule has 0 amide bonds. The highest BCUT2D eigenvalue weighted by Gasteiger charge is 2.13. The van der Waals surface area contributed by atoms with Gasteiger partial charge < -0.3 is 4.57 Å². The lowest BCUT2D eigenvalue weighted by Gasteiger charge is -2.03. The van der Waals surface area contributed by atoms with Crippen molar-refractivity contribution in [3.8, 4) is 16.8 Å². The Labute approximate surface area is 102 Å². The van der Waals surface area contributed by atoms with Crippen molar-refractivity contribution in [2.75, 3.05) is 5.75 Å². The standard InChI is InChI=1S/C10H10N4S2/c1-2-14-9(8-4-3-6-15-8)12-13-10(14)16-7-5-11/h3-4,6H,2,7H2,1H3. The fourth-order valence-corrected chi connectivity index (χ4v) is 2.75. The third-order valence-electron chi connectivity index (χ3n) is 2.04. The minimum atomic E-state index is 0.405. The molecule has 0 atom stereocenters. The number of hydrogen-bond donors (Lipinski definition) is 0. The normalized spacial score (nSPS) is 10.2. The number of thiophene rings is 1. The first kappa shape index (κ1) is 11.2. The van der Waals surface area contributed by atoms with Gasteiger partial charge in [0.1, 0.15) is 0 Å². The van der Waals surface area contributed by atoms with Crippen LogP contribution in [0.25, 0.3) is 10.7 Å². The zero-order chi connectivity index (χ0) is 11.4. The van der Waals surface area contributed by atoms with E-state index in [1.54, 1.807) is 11.3 Å². The van der Waals surface area contributed by atoms with Gasteiger partial charge in [0.25, 0.3) is 0 Å². The number of nitriles is 1. The third-order valence-corrected chi connectivity index (χ3v) is 3.74. The Morgan fingerprint density at radius 1 is 1.56 bits per heavy atom. The molecule has 0 aliphatic rings. The van der Waals surface area contributed by atoms with E-state index in [2.05, 4.69) is 23.2 Å². The second-order valence-corrected chi connectivity index (χ2v) is 4.86. The first-order valence-corrected chi connectivity index (χ1v) is 6.70. The Morgan fingerprint density at radius 3 is 3.06 bits per heavy atom. The summed E-state index contributed by atoms with van der Waals surface area (Å²) >= 11 is 3.07. The van der Waals surface area contributed by atoms with Crippen LogP contribution in [-0.4, -0.2) is 20.5 Å². The van der Waals surface area contributed by atoms with E-state index >= 15 is 0 Å². The highest BCUT2D eigenvalue weighted by Crippen LogP contribution is 2.26. The Bertz CT molecular complexity index is 495. The van der Waals surface area contributed by atoms with Gasteiger partial charge in [-0.25, -0.2) is 0 Å². The molecule has 2 aromatic rings. The zero-order valence-electron chi connectivity index (χ0n) is 8.75. The second kappa shape index (κ2) is 5.14. The third kappa shape index (κ3) is 2.10. The second-order valence-electron chi connectivity index (χ2n) is 2.97. The van der Waals surface area contributed by atoms with Crippen molar-refractivity contribution in [1.29, 1.82) is 5.26 Å². The minimum absolute atomic E-state index is 0.405. The van der Waals surface area contributed by atoms with Crippen molar-refractivity contribution in [1.82, 2.24) is 14.8 Å². The summed E-state index contributed by atoms with van der Waals surface area (Å²) in [7, 11) is 0. The van der Waals surface area contributed by atoms with Gasteiger partial charge >= 0.3 is 0 Å². The van der Waals surface area contributed by atoms with Gasteiger partial charge in [-0.3, -0.25) is 0 Å². The maximum Gasteiger partial charge on any atom is 0.192 e. The quantitative estimate of drug-likeness (QED) is 0.783. The maximum absolute atomic E-state index is 8.56. The summed E-state index contributed by atoms with van der Waals surface area (Å²) in [5.41, 5.74) is 0. The molecular weight excluding hydrogens is 240 g/mol. The highest BCUT2D eigenvalue weighted by molar-refractivity contribution is 7.99.